The number of nitrogen functional groups attached to an aromatic ring is 1. The number of fused-ring (bicyclic) bond motifs is 1. The van der Waals surface area contributed by atoms with Crippen molar-refractivity contribution >= 4 is 23.0 Å². The Morgan fingerprint density at radius 3 is 2.54 bits per heavy atom. The van der Waals surface area contributed by atoms with Crippen LogP contribution < -0.4 is 40.0 Å². The van der Waals surface area contributed by atoms with Gasteiger partial charge in [-0.2, -0.15) is 5.10 Å². The largest absolute Gasteiger partial charge is 1.00 e. The first-order chi connectivity index (χ1) is 17.4. The third-order valence-electron chi connectivity index (χ3n) is 5.93. The van der Waals surface area contributed by atoms with Gasteiger partial charge in [-0.3, -0.25) is 4.79 Å². The molecule has 0 radical (unpaired) electrons. The van der Waals surface area contributed by atoms with E-state index < -0.39 is 5.97 Å². The van der Waals surface area contributed by atoms with E-state index in [4.69, 9.17) is 10.5 Å². The zero-order chi connectivity index (χ0) is 25.2. The molecule has 180 valence electrons. The number of hydrogen-bond acceptors (Lipinski definition) is 7. The second-order valence-corrected chi connectivity index (χ2v) is 8.28. The number of carboxylic acids is 1. The van der Waals surface area contributed by atoms with Crippen molar-refractivity contribution in [3.05, 3.63) is 106 Å². The third-order valence-corrected chi connectivity index (χ3v) is 5.93. The SMILES string of the molecule is COc1ccc(Cn2c(N)nc3ccccc32)cc1-c1ccc(=O)n(Cc2cccc(C(=O)[O-])c2)n1.[Li+]. The number of rotatable bonds is 7. The van der Waals surface area contributed by atoms with Crippen molar-refractivity contribution in [1.82, 2.24) is 19.3 Å². The fourth-order valence-electron chi connectivity index (χ4n) is 4.17. The Labute approximate surface area is 224 Å². The van der Waals surface area contributed by atoms with Gasteiger partial charge in [0.25, 0.3) is 5.56 Å². The number of aromatic nitrogens is 4. The maximum absolute atomic E-state index is 12.5. The van der Waals surface area contributed by atoms with Gasteiger partial charge >= 0.3 is 18.9 Å². The fraction of sp³-hybridized carbons (Fsp3) is 0.111. The Bertz CT molecular complexity index is 1660. The van der Waals surface area contributed by atoms with Gasteiger partial charge in [-0.1, -0.05) is 36.4 Å². The summed E-state index contributed by atoms with van der Waals surface area (Å²) in [4.78, 5) is 28.2. The van der Waals surface area contributed by atoms with Crippen LogP contribution in [0.25, 0.3) is 22.3 Å². The number of benzene rings is 3. The van der Waals surface area contributed by atoms with Crippen LogP contribution in [-0.4, -0.2) is 32.4 Å². The summed E-state index contributed by atoms with van der Waals surface area (Å²) in [6.07, 6.45) is 0. The number of aromatic carboxylic acids is 1. The van der Waals surface area contributed by atoms with Crippen LogP contribution in [-0.2, 0) is 13.1 Å². The van der Waals surface area contributed by atoms with Crippen LogP contribution in [0.5, 0.6) is 5.75 Å². The van der Waals surface area contributed by atoms with Gasteiger partial charge in [0.05, 0.1) is 42.9 Å². The second-order valence-electron chi connectivity index (χ2n) is 8.28. The van der Waals surface area contributed by atoms with Crippen molar-refractivity contribution in [3.63, 3.8) is 0 Å². The van der Waals surface area contributed by atoms with E-state index in [0.717, 1.165) is 16.6 Å². The summed E-state index contributed by atoms with van der Waals surface area (Å²) in [6.45, 7) is 0.590. The van der Waals surface area contributed by atoms with Crippen LogP contribution in [0.15, 0.2) is 83.7 Å². The molecule has 0 saturated carbocycles. The molecule has 2 heterocycles. The molecule has 37 heavy (non-hydrogen) atoms. The third kappa shape index (κ3) is 5.28. The molecule has 5 aromatic rings. The number of nitrogens with zero attached hydrogens (tertiary/aromatic N) is 4. The quantitative estimate of drug-likeness (QED) is 0.301. The van der Waals surface area contributed by atoms with E-state index in [9.17, 15) is 14.7 Å². The number of carbonyl (C=O) groups is 1. The van der Waals surface area contributed by atoms with Crippen LogP contribution in [0.3, 0.4) is 0 Å². The predicted molar refractivity (Wildman–Crippen MR) is 134 cm³/mol. The van der Waals surface area contributed by atoms with Crippen LogP contribution in [0, 0.1) is 0 Å². The molecular formula is C27H22LiN5O4. The zero-order valence-electron chi connectivity index (χ0n) is 20.4. The van der Waals surface area contributed by atoms with Crippen LogP contribution >= 0.6 is 0 Å². The molecule has 3 aromatic carbocycles. The van der Waals surface area contributed by atoms with Gasteiger partial charge in [-0.25, -0.2) is 9.67 Å². The molecule has 0 aliphatic carbocycles. The zero-order valence-corrected chi connectivity index (χ0v) is 20.4. The number of imidazole rings is 1. The van der Waals surface area contributed by atoms with Gasteiger partial charge in [0.15, 0.2) is 0 Å². The van der Waals surface area contributed by atoms with Gasteiger partial charge in [-0.05, 0) is 53.1 Å². The number of carbonyl (C=O) groups excluding carboxylic acids is 1. The number of methoxy groups -OCH3 is 1. The Balaban J connectivity index is 0.00000320. The first-order valence-electron chi connectivity index (χ1n) is 11.2. The Morgan fingerprint density at radius 1 is 0.973 bits per heavy atom. The van der Waals surface area contributed by atoms with Gasteiger partial charge in [0.2, 0.25) is 5.95 Å². The average molecular weight is 487 g/mol. The van der Waals surface area contributed by atoms with Crippen LogP contribution in [0.4, 0.5) is 5.95 Å². The molecule has 0 amide bonds. The van der Waals surface area contributed by atoms with E-state index in [1.807, 2.05) is 47.0 Å². The second kappa shape index (κ2) is 10.7. The molecule has 0 bridgehead atoms. The average Bonchev–Trinajstić information content (AvgIpc) is 3.20. The summed E-state index contributed by atoms with van der Waals surface area (Å²) in [5.74, 6) is -0.267. The van der Waals surface area contributed by atoms with Crippen molar-refractivity contribution in [2.75, 3.05) is 12.8 Å². The minimum absolute atomic E-state index is 0. The molecule has 0 spiro atoms. The van der Waals surface area contributed by atoms with E-state index in [1.165, 1.54) is 22.9 Å². The molecule has 0 unspecified atom stereocenters. The number of para-hydroxylation sites is 2. The molecule has 10 heteroatoms. The molecule has 0 fully saturated rings. The number of anilines is 1. The molecule has 2 N–H and O–H groups in total. The Kier molecular flexibility index (Phi) is 7.48. The first kappa shape index (κ1) is 25.8. The normalized spacial score (nSPS) is 10.7. The predicted octanol–water partition coefficient (Wildman–Crippen LogP) is -0.685. The minimum Gasteiger partial charge on any atom is -0.545 e. The first-order valence-corrected chi connectivity index (χ1v) is 11.2. The van der Waals surface area contributed by atoms with Crippen molar-refractivity contribution in [3.8, 4) is 17.0 Å². The molecule has 0 atom stereocenters. The molecule has 0 aliphatic rings. The van der Waals surface area contributed by atoms with Crippen molar-refractivity contribution < 1.29 is 33.5 Å². The summed E-state index contributed by atoms with van der Waals surface area (Å²) in [6, 6.07) is 22.8. The van der Waals surface area contributed by atoms with Crippen molar-refractivity contribution in [1.29, 1.82) is 0 Å². The molecule has 0 saturated heterocycles. The van der Waals surface area contributed by atoms with Gasteiger partial charge in [0.1, 0.15) is 5.75 Å². The summed E-state index contributed by atoms with van der Waals surface area (Å²) < 4.78 is 8.79. The molecule has 2 aromatic heterocycles. The van der Waals surface area contributed by atoms with Crippen LogP contribution in [0.1, 0.15) is 21.5 Å². The molecular weight excluding hydrogens is 465 g/mol. The number of carboxylic acid groups (broad SMARTS) is 1. The maximum Gasteiger partial charge on any atom is 1.00 e. The van der Waals surface area contributed by atoms with Crippen molar-refractivity contribution in [2.24, 2.45) is 0 Å². The van der Waals surface area contributed by atoms with Gasteiger partial charge in [0, 0.05) is 11.6 Å². The van der Waals surface area contributed by atoms with E-state index >= 15 is 0 Å². The van der Waals surface area contributed by atoms with E-state index in [2.05, 4.69) is 10.1 Å². The van der Waals surface area contributed by atoms with Gasteiger partial charge < -0.3 is 24.9 Å². The molecule has 0 aliphatic heterocycles. The topological polar surface area (TPSA) is 128 Å². The van der Waals surface area contributed by atoms with Crippen molar-refractivity contribution in [2.45, 2.75) is 13.1 Å². The Morgan fingerprint density at radius 2 is 1.76 bits per heavy atom. The summed E-state index contributed by atoms with van der Waals surface area (Å²) >= 11 is 0. The monoisotopic (exact) mass is 487 g/mol. The van der Waals surface area contributed by atoms with E-state index in [0.29, 0.717) is 35.1 Å². The number of hydrogen-bond donors (Lipinski definition) is 1. The Hall–Kier alpha value is -4.32. The van der Waals surface area contributed by atoms with Gasteiger partial charge in [-0.15, -0.1) is 0 Å². The standard InChI is InChI=1S/C27H23N5O4.Li/c1-36-24-11-9-18(15-31-23-8-3-2-7-22(23)29-27(31)28)14-20(24)21-10-12-25(33)32(30-21)16-17-5-4-6-19(13-17)26(34)35;/h2-14H,15-16H2,1H3,(H2,28,29)(H,34,35);/q;+1/p-1. The van der Waals surface area contributed by atoms with Crippen LogP contribution in [0.2, 0.25) is 0 Å². The van der Waals surface area contributed by atoms with E-state index in [1.54, 1.807) is 25.3 Å². The fourth-order valence-corrected chi connectivity index (χ4v) is 4.17. The van der Waals surface area contributed by atoms with E-state index in [-0.39, 0.29) is 36.5 Å². The number of ether oxygens (including phenoxy) is 1. The summed E-state index contributed by atoms with van der Waals surface area (Å²) in [5.41, 5.74) is 10.5. The number of nitrogens with two attached hydrogens (primary N) is 1. The molecule has 9 nitrogen and oxygen atoms in total. The smallest absolute Gasteiger partial charge is 0.545 e. The summed E-state index contributed by atoms with van der Waals surface area (Å²) in [5, 5.41) is 15.7. The minimum atomic E-state index is -1.28. The summed E-state index contributed by atoms with van der Waals surface area (Å²) in [7, 11) is 1.57. The molecule has 5 rings (SSSR count). The maximum atomic E-state index is 12.5.